The van der Waals surface area contributed by atoms with Crippen LogP contribution in [0.5, 0.6) is 0 Å². The van der Waals surface area contributed by atoms with Crippen LogP contribution in [-0.4, -0.2) is 32.4 Å². The van der Waals surface area contributed by atoms with Gasteiger partial charge in [0.05, 0.1) is 10.8 Å². The third kappa shape index (κ3) is 4.75. The number of nitrogens with two attached hydrogens (primary N) is 1. The van der Waals surface area contributed by atoms with Crippen molar-refractivity contribution in [3.63, 3.8) is 0 Å². The molecule has 4 N–H and O–H groups in total. The van der Waals surface area contributed by atoms with E-state index < -0.39 is 11.8 Å². The third-order valence-electron chi connectivity index (χ3n) is 3.52. The second kappa shape index (κ2) is 8.96. The van der Waals surface area contributed by atoms with Gasteiger partial charge in [-0.2, -0.15) is 0 Å². The number of hydrazine groups is 1. The van der Waals surface area contributed by atoms with E-state index in [9.17, 15) is 9.59 Å². The summed E-state index contributed by atoms with van der Waals surface area (Å²) < 4.78 is 1.22. The lowest BCUT2D eigenvalue weighted by Crippen LogP contribution is -2.42. The first-order valence-electron chi connectivity index (χ1n) is 7.88. The van der Waals surface area contributed by atoms with Crippen molar-refractivity contribution in [3.8, 4) is 11.4 Å². The first-order valence-corrected chi connectivity index (χ1v) is 9.63. The summed E-state index contributed by atoms with van der Waals surface area (Å²) in [7, 11) is 0. The lowest BCUT2D eigenvalue weighted by Gasteiger charge is -2.07. The number of carbonyl (C=O) groups is 2. The van der Waals surface area contributed by atoms with Crippen molar-refractivity contribution >= 4 is 46.8 Å². The Morgan fingerprint density at radius 2 is 1.82 bits per heavy atom. The summed E-state index contributed by atoms with van der Waals surface area (Å²) in [6.45, 7) is 0. The highest BCUT2D eigenvalue weighted by atomic mass is 35.5. The lowest BCUT2D eigenvalue weighted by atomic mass is 10.2. The van der Waals surface area contributed by atoms with Gasteiger partial charge in [0.25, 0.3) is 5.91 Å². The first kappa shape index (κ1) is 20.0. The number of nitrogens with one attached hydrogen (secondary N) is 2. The van der Waals surface area contributed by atoms with Gasteiger partial charge in [-0.25, -0.2) is 4.68 Å². The Morgan fingerprint density at radius 3 is 2.57 bits per heavy atom. The van der Waals surface area contributed by atoms with Crippen molar-refractivity contribution in [3.05, 3.63) is 64.1 Å². The van der Waals surface area contributed by atoms with Crippen LogP contribution in [0.2, 0.25) is 10.0 Å². The summed E-state index contributed by atoms with van der Waals surface area (Å²) in [6.07, 6.45) is 0. The van der Waals surface area contributed by atoms with E-state index in [0.717, 1.165) is 11.8 Å². The summed E-state index contributed by atoms with van der Waals surface area (Å²) in [5.41, 5.74) is 5.62. The Hall–Kier alpha value is -2.75. The summed E-state index contributed by atoms with van der Waals surface area (Å²) in [6, 6.07) is 13.4. The Kier molecular flexibility index (Phi) is 6.40. The fourth-order valence-corrected chi connectivity index (χ4v) is 3.21. The number of hydrogen-bond acceptors (Lipinski definition) is 6. The highest BCUT2D eigenvalue weighted by molar-refractivity contribution is 7.99. The standard InChI is InChI=1S/C17H14Cl2N6O2S/c18-11-6-7-13(19)12(8-11)15-22-24-17(25(15)20)28-9-14(26)21-23-16(27)10-4-2-1-3-5-10/h1-8H,9,20H2,(H,21,26)(H,23,27). The number of nitrogens with zero attached hydrogens (tertiary/aromatic N) is 3. The molecule has 0 spiro atoms. The van der Waals surface area contributed by atoms with E-state index in [4.69, 9.17) is 29.0 Å². The molecule has 0 radical (unpaired) electrons. The number of thioether (sulfide) groups is 1. The maximum absolute atomic E-state index is 12.0. The zero-order chi connectivity index (χ0) is 20.1. The predicted octanol–water partition coefficient (Wildman–Crippen LogP) is 2.52. The number of hydrogen-bond donors (Lipinski definition) is 3. The van der Waals surface area contributed by atoms with Gasteiger partial charge in [-0.15, -0.1) is 10.2 Å². The molecule has 8 nitrogen and oxygen atoms in total. The molecule has 0 saturated heterocycles. The molecule has 0 aliphatic rings. The van der Waals surface area contributed by atoms with E-state index in [-0.39, 0.29) is 5.75 Å². The van der Waals surface area contributed by atoms with Crippen molar-refractivity contribution in [1.29, 1.82) is 0 Å². The average molecular weight is 437 g/mol. The van der Waals surface area contributed by atoms with Gasteiger partial charge in [-0.1, -0.05) is 53.2 Å². The molecule has 1 heterocycles. The van der Waals surface area contributed by atoms with E-state index >= 15 is 0 Å². The van der Waals surface area contributed by atoms with Crippen molar-refractivity contribution in [2.75, 3.05) is 11.6 Å². The van der Waals surface area contributed by atoms with Gasteiger partial charge in [0.2, 0.25) is 11.1 Å². The third-order valence-corrected chi connectivity index (χ3v) is 5.03. The van der Waals surface area contributed by atoms with Crippen LogP contribution < -0.4 is 16.7 Å². The minimum Gasteiger partial charge on any atom is -0.335 e. The monoisotopic (exact) mass is 436 g/mol. The number of amides is 2. The fraction of sp³-hybridized carbons (Fsp3) is 0.0588. The highest BCUT2D eigenvalue weighted by Crippen LogP contribution is 2.30. The van der Waals surface area contributed by atoms with E-state index in [1.54, 1.807) is 48.5 Å². The van der Waals surface area contributed by atoms with Crippen LogP contribution in [0.3, 0.4) is 0 Å². The summed E-state index contributed by atoms with van der Waals surface area (Å²) in [5, 5.41) is 9.16. The van der Waals surface area contributed by atoms with Crippen LogP contribution in [0, 0.1) is 0 Å². The van der Waals surface area contributed by atoms with Crippen LogP contribution in [0.25, 0.3) is 11.4 Å². The van der Waals surface area contributed by atoms with Gasteiger partial charge in [0, 0.05) is 16.1 Å². The SMILES string of the molecule is Nn1c(SCC(=O)NNC(=O)c2ccccc2)nnc1-c1cc(Cl)ccc1Cl. The lowest BCUT2D eigenvalue weighted by molar-refractivity contribution is -0.119. The molecule has 0 saturated carbocycles. The summed E-state index contributed by atoms with van der Waals surface area (Å²) in [4.78, 5) is 23.9. The minimum atomic E-state index is -0.431. The molecule has 0 unspecified atom stereocenters. The Morgan fingerprint density at radius 1 is 1.07 bits per heavy atom. The summed E-state index contributed by atoms with van der Waals surface area (Å²) >= 11 is 13.2. The van der Waals surface area contributed by atoms with Gasteiger partial charge in [0.15, 0.2) is 5.82 Å². The molecule has 2 aromatic carbocycles. The molecule has 3 rings (SSSR count). The average Bonchev–Trinajstić information content (AvgIpc) is 3.07. The molecule has 0 aliphatic heterocycles. The number of halogens is 2. The molecular formula is C17H14Cl2N6O2S. The van der Waals surface area contributed by atoms with E-state index in [1.165, 1.54) is 4.68 Å². The van der Waals surface area contributed by atoms with Crippen molar-refractivity contribution in [1.82, 2.24) is 25.7 Å². The van der Waals surface area contributed by atoms with E-state index in [2.05, 4.69) is 21.0 Å². The molecule has 0 atom stereocenters. The van der Waals surface area contributed by atoms with Gasteiger partial charge >= 0.3 is 0 Å². The van der Waals surface area contributed by atoms with E-state index in [1.807, 2.05) is 0 Å². The second-order valence-electron chi connectivity index (χ2n) is 5.46. The highest BCUT2D eigenvalue weighted by Gasteiger charge is 2.16. The zero-order valence-corrected chi connectivity index (χ0v) is 16.6. The predicted molar refractivity (Wildman–Crippen MR) is 108 cm³/mol. The number of carbonyl (C=O) groups excluding carboxylic acids is 2. The molecule has 0 aliphatic carbocycles. The van der Waals surface area contributed by atoms with E-state index in [0.29, 0.717) is 32.2 Å². The van der Waals surface area contributed by atoms with Gasteiger partial charge in [-0.3, -0.25) is 20.4 Å². The number of rotatable bonds is 5. The van der Waals surface area contributed by atoms with Crippen LogP contribution in [0.15, 0.2) is 53.7 Å². The van der Waals surface area contributed by atoms with Crippen LogP contribution in [0.4, 0.5) is 0 Å². The minimum absolute atomic E-state index is 0.0340. The Bertz CT molecular complexity index is 1010. The molecule has 144 valence electrons. The quantitative estimate of drug-likeness (QED) is 0.321. The zero-order valence-electron chi connectivity index (χ0n) is 14.2. The van der Waals surface area contributed by atoms with Crippen LogP contribution >= 0.6 is 35.0 Å². The molecule has 0 bridgehead atoms. The van der Waals surface area contributed by atoms with Crippen molar-refractivity contribution in [2.45, 2.75) is 5.16 Å². The molecule has 3 aromatic rings. The van der Waals surface area contributed by atoms with Gasteiger partial charge < -0.3 is 5.84 Å². The largest absolute Gasteiger partial charge is 0.335 e. The Labute approximate surface area is 174 Å². The first-order chi connectivity index (χ1) is 13.5. The number of aromatic nitrogens is 3. The molecule has 1 aromatic heterocycles. The van der Waals surface area contributed by atoms with Gasteiger partial charge in [-0.05, 0) is 30.3 Å². The smallest absolute Gasteiger partial charge is 0.269 e. The fourth-order valence-electron chi connectivity index (χ4n) is 2.18. The Balaban J connectivity index is 1.58. The summed E-state index contributed by atoms with van der Waals surface area (Å²) in [5.74, 6) is 5.44. The van der Waals surface area contributed by atoms with Crippen molar-refractivity contribution in [2.24, 2.45) is 0 Å². The molecule has 0 fully saturated rings. The van der Waals surface area contributed by atoms with Crippen LogP contribution in [0.1, 0.15) is 10.4 Å². The second-order valence-corrected chi connectivity index (χ2v) is 7.24. The normalized spacial score (nSPS) is 10.5. The molecular weight excluding hydrogens is 423 g/mol. The van der Waals surface area contributed by atoms with Crippen molar-refractivity contribution < 1.29 is 9.59 Å². The number of benzene rings is 2. The van der Waals surface area contributed by atoms with Crippen LogP contribution in [-0.2, 0) is 4.79 Å². The van der Waals surface area contributed by atoms with Gasteiger partial charge in [0.1, 0.15) is 0 Å². The number of nitrogen functional groups attached to an aromatic ring is 1. The molecule has 28 heavy (non-hydrogen) atoms. The molecule has 11 heteroatoms. The topological polar surface area (TPSA) is 115 Å². The maximum Gasteiger partial charge on any atom is 0.269 e. The maximum atomic E-state index is 12.0. The molecule has 2 amide bonds.